The minimum Gasteiger partial charge on any atom is -0.330 e. The van der Waals surface area contributed by atoms with Crippen molar-refractivity contribution in [3.63, 3.8) is 0 Å². The summed E-state index contributed by atoms with van der Waals surface area (Å²) in [4.78, 5) is 23.0. The first-order valence-electron chi connectivity index (χ1n) is 8.88. The molecule has 0 atom stereocenters. The molecule has 1 heterocycles. The number of rotatable bonds is 7. The highest BCUT2D eigenvalue weighted by molar-refractivity contribution is 5.96. The quantitative estimate of drug-likeness (QED) is 0.765. The molecule has 0 radical (unpaired) electrons. The van der Waals surface area contributed by atoms with Crippen LogP contribution in [0.3, 0.4) is 0 Å². The first-order chi connectivity index (χ1) is 13.1. The number of hydrogen-bond acceptors (Lipinski definition) is 5. The van der Waals surface area contributed by atoms with Crippen LogP contribution in [0.4, 0.5) is 0 Å². The van der Waals surface area contributed by atoms with E-state index in [2.05, 4.69) is 10.3 Å². The number of aromatic nitrogens is 3. The fourth-order valence-corrected chi connectivity index (χ4v) is 3.03. The molecule has 1 aromatic heterocycles. The lowest BCUT2D eigenvalue weighted by Gasteiger charge is -2.09. The van der Waals surface area contributed by atoms with Crippen molar-refractivity contribution in [3.05, 3.63) is 71.0 Å². The molecule has 0 aliphatic heterocycles. The van der Waals surface area contributed by atoms with Gasteiger partial charge in [-0.3, -0.25) is 9.59 Å². The van der Waals surface area contributed by atoms with Crippen molar-refractivity contribution in [2.45, 2.75) is 26.3 Å². The van der Waals surface area contributed by atoms with Crippen LogP contribution in [0.1, 0.15) is 29.4 Å². The molecule has 0 spiro atoms. The number of carbonyl (C=O) groups is 2. The molecule has 1 aromatic carbocycles. The second-order valence-corrected chi connectivity index (χ2v) is 6.40. The van der Waals surface area contributed by atoms with Crippen LogP contribution >= 0.6 is 0 Å². The van der Waals surface area contributed by atoms with Crippen LogP contribution in [0.15, 0.2) is 59.7 Å². The number of carbonyl (C=O) groups excluding carboxylic acids is 2. The van der Waals surface area contributed by atoms with Crippen LogP contribution in [-0.2, 0) is 17.8 Å². The molecule has 0 amide bonds. The lowest BCUT2D eigenvalue weighted by molar-refractivity contribution is -0.113. The van der Waals surface area contributed by atoms with Gasteiger partial charge in [-0.15, -0.1) is 5.10 Å². The van der Waals surface area contributed by atoms with Crippen LogP contribution in [0.25, 0.3) is 11.3 Å². The Morgan fingerprint density at radius 1 is 1.22 bits per heavy atom. The number of allylic oxidation sites excluding steroid dienone is 6. The molecule has 2 aromatic rings. The summed E-state index contributed by atoms with van der Waals surface area (Å²) in [6, 6.07) is 7.92. The minimum absolute atomic E-state index is 0.0446. The summed E-state index contributed by atoms with van der Waals surface area (Å²) in [5.74, 6) is 0.0446. The Balaban J connectivity index is 1.88. The summed E-state index contributed by atoms with van der Waals surface area (Å²) >= 11 is 0. The lowest BCUT2D eigenvalue weighted by atomic mass is 10.1. The van der Waals surface area contributed by atoms with Crippen molar-refractivity contribution in [3.8, 4) is 11.3 Å². The van der Waals surface area contributed by atoms with E-state index in [9.17, 15) is 9.59 Å². The molecule has 2 N–H and O–H groups in total. The monoisotopic (exact) mass is 362 g/mol. The van der Waals surface area contributed by atoms with Gasteiger partial charge in [0, 0.05) is 11.1 Å². The van der Waals surface area contributed by atoms with Crippen LogP contribution in [0, 0.1) is 0 Å². The largest absolute Gasteiger partial charge is 0.330 e. The van der Waals surface area contributed by atoms with Crippen LogP contribution < -0.4 is 5.73 Å². The Bertz CT molecular complexity index is 934. The average molecular weight is 362 g/mol. The predicted octanol–water partition coefficient (Wildman–Crippen LogP) is 2.66. The molecular formula is C21H22N4O2. The smallest absolute Gasteiger partial charge is 0.172 e. The standard InChI is InChI=1S/C21H22N4O2/c1-15(27)18-4-2-3-17(7-8-18)13-25-21(20(14-26)23-24-25)19-9-5-16(6-10-19)11-12-22/h3-10,14H,2,11-13,22H2,1H3. The molecule has 0 fully saturated rings. The summed E-state index contributed by atoms with van der Waals surface area (Å²) in [5, 5.41) is 8.17. The van der Waals surface area contributed by atoms with Gasteiger partial charge in [-0.25, -0.2) is 4.68 Å². The molecule has 0 saturated carbocycles. The maximum Gasteiger partial charge on any atom is 0.172 e. The molecule has 6 nitrogen and oxygen atoms in total. The SMILES string of the molecule is CC(=O)C1=CCC=C(Cn2nnc(C=O)c2-c2ccc(CCN)cc2)C=C1. The summed E-state index contributed by atoms with van der Waals surface area (Å²) < 4.78 is 1.72. The van der Waals surface area contributed by atoms with E-state index in [1.165, 1.54) is 0 Å². The summed E-state index contributed by atoms with van der Waals surface area (Å²) in [6.45, 7) is 2.62. The topological polar surface area (TPSA) is 90.9 Å². The highest BCUT2D eigenvalue weighted by Crippen LogP contribution is 2.24. The third-order valence-corrected chi connectivity index (χ3v) is 4.47. The van der Waals surface area contributed by atoms with Crippen molar-refractivity contribution in [2.24, 2.45) is 5.73 Å². The normalized spacial score (nSPS) is 13.7. The fraction of sp³-hybridized carbons (Fsp3) is 0.238. The maximum atomic E-state index is 11.6. The summed E-state index contributed by atoms with van der Waals surface area (Å²) in [7, 11) is 0. The summed E-state index contributed by atoms with van der Waals surface area (Å²) in [5.41, 5.74) is 10.3. The first kappa shape index (κ1) is 18.7. The van der Waals surface area contributed by atoms with E-state index in [1.807, 2.05) is 48.6 Å². The molecule has 138 valence electrons. The Kier molecular flexibility index (Phi) is 5.88. The highest BCUT2D eigenvalue weighted by Gasteiger charge is 2.15. The average Bonchev–Trinajstić information content (AvgIpc) is 2.91. The second kappa shape index (κ2) is 8.51. The molecule has 6 heteroatoms. The second-order valence-electron chi connectivity index (χ2n) is 6.40. The predicted molar refractivity (Wildman–Crippen MR) is 104 cm³/mol. The van der Waals surface area contributed by atoms with Gasteiger partial charge in [0.2, 0.25) is 0 Å². The van der Waals surface area contributed by atoms with Gasteiger partial charge in [0.25, 0.3) is 0 Å². The maximum absolute atomic E-state index is 11.6. The van der Waals surface area contributed by atoms with Crippen molar-refractivity contribution in [1.82, 2.24) is 15.0 Å². The van der Waals surface area contributed by atoms with Crippen LogP contribution in [0.5, 0.6) is 0 Å². The number of benzene rings is 1. The van der Waals surface area contributed by atoms with E-state index >= 15 is 0 Å². The Labute approximate surface area is 158 Å². The third-order valence-electron chi connectivity index (χ3n) is 4.47. The van der Waals surface area contributed by atoms with E-state index in [0.29, 0.717) is 36.5 Å². The molecular weight excluding hydrogens is 340 g/mol. The minimum atomic E-state index is 0.0446. The lowest BCUT2D eigenvalue weighted by Crippen LogP contribution is -2.05. The Morgan fingerprint density at radius 3 is 2.67 bits per heavy atom. The molecule has 3 rings (SSSR count). The van der Waals surface area contributed by atoms with E-state index in [4.69, 9.17) is 5.73 Å². The number of ketones is 1. The van der Waals surface area contributed by atoms with Gasteiger partial charge in [0.1, 0.15) is 0 Å². The van der Waals surface area contributed by atoms with E-state index in [0.717, 1.165) is 29.4 Å². The zero-order valence-electron chi connectivity index (χ0n) is 15.3. The molecule has 27 heavy (non-hydrogen) atoms. The number of nitrogens with zero attached hydrogens (tertiary/aromatic N) is 3. The van der Waals surface area contributed by atoms with E-state index in [1.54, 1.807) is 11.6 Å². The molecule has 0 saturated heterocycles. The molecule has 0 bridgehead atoms. The van der Waals surface area contributed by atoms with Gasteiger partial charge in [-0.1, -0.05) is 53.8 Å². The van der Waals surface area contributed by atoms with Crippen molar-refractivity contribution in [1.29, 1.82) is 0 Å². The zero-order chi connectivity index (χ0) is 19.2. The van der Waals surface area contributed by atoms with Gasteiger partial charge in [-0.05, 0) is 37.4 Å². The van der Waals surface area contributed by atoms with Crippen molar-refractivity contribution in [2.75, 3.05) is 6.54 Å². The Morgan fingerprint density at radius 2 is 2.00 bits per heavy atom. The number of hydrogen-bond donors (Lipinski definition) is 1. The van der Waals surface area contributed by atoms with Crippen molar-refractivity contribution >= 4 is 12.1 Å². The Hall–Kier alpha value is -3.12. The van der Waals surface area contributed by atoms with Gasteiger partial charge in [-0.2, -0.15) is 0 Å². The van der Waals surface area contributed by atoms with Gasteiger partial charge in [0.15, 0.2) is 17.8 Å². The van der Waals surface area contributed by atoms with Gasteiger partial charge in [0.05, 0.1) is 12.2 Å². The highest BCUT2D eigenvalue weighted by atomic mass is 16.1. The number of aldehydes is 1. The van der Waals surface area contributed by atoms with Crippen LogP contribution in [-0.4, -0.2) is 33.6 Å². The summed E-state index contributed by atoms with van der Waals surface area (Å²) in [6.07, 6.45) is 9.89. The molecule has 1 aliphatic carbocycles. The molecule has 1 aliphatic rings. The number of Topliss-reactive ketones (excluding diaryl/α,β-unsaturated/α-hetero) is 1. The molecule has 0 unspecified atom stereocenters. The van der Waals surface area contributed by atoms with Gasteiger partial charge >= 0.3 is 0 Å². The van der Waals surface area contributed by atoms with Gasteiger partial charge < -0.3 is 5.73 Å². The number of nitrogens with two attached hydrogens (primary N) is 1. The third kappa shape index (κ3) is 4.35. The van der Waals surface area contributed by atoms with E-state index in [-0.39, 0.29) is 5.78 Å². The van der Waals surface area contributed by atoms with Crippen molar-refractivity contribution < 1.29 is 9.59 Å². The van der Waals surface area contributed by atoms with E-state index < -0.39 is 0 Å². The van der Waals surface area contributed by atoms with Crippen LogP contribution in [0.2, 0.25) is 0 Å². The fourth-order valence-electron chi connectivity index (χ4n) is 3.03. The first-order valence-corrected chi connectivity index (χ1v) is 8.88. The zero-order valence-corrected chi connectivity index (χ0v) is 15.3.